The van der Waals surface area contributed by atoms with E-state index in [1.54, 1.807) is 19.2 Å². The molecule has 0 saturated heterocycles. The van der Waals surface area contributed by atoms with Crippen molar-refractivity contribution in [1.82, 2.24) is 0 Å². The number of anilines is 2. The molecule has 0 aromatic heterocycles. The number of hydrogen-bond donors (Lipinski definition) is 2. The van der Waals surface area contributed by atoms with Crippen molar-refractivity contribution in [3.63, 3.8) is 0 Å². The molecule has 4 rings (SSSR count). The first kappa shape index (κ1) is 21.5. The highest BCUT2D eigenvalue weighted by Gasteiger charge is 2.41. The maximum Gasteiger partial charge on any atom is 0.283 e. The first-order valence-electron chi connectivity index (χ1n) is 10.4. The zero-order chi connectivity index (χ0) is 22.7. The molecule has 1 atom stereocenters. The molecule has 0 bridgehead atoms. The van der Waals surface area contributed by atoms with Crippen LogP contribution in [0.15, 0.2) is 65.7 Å². The molecule has 32 heavy (non-hydrogen) atoms. The van der Waals surface area contributed by atoms with Crippen molar-refractivity contribution in [3.05, 3.63) is 83.2 Å². The number of amidine groups is 1. The number of aliphatic imine (C=N–C) groups is 1. The Labute approximate surface area is 186 Å². The Bertz CT molecular complexity index is 1160. The second-order valence-electron chi connectivity index (χ2n) is 7.60. The van der Waals surface area contributed by atoms with Crippen LogP contribution in [0.3, 0.4) is 0 Å². The molecular weight excluding hydrogens is 409 g/mol. The third-order valence-electron chi connectivity index (χ3n) is 5.41. The van der Waals surface area contributed by atoms with Gasteiger partial charge in [-0.2, -0.15) is 0 Å². The van der Waals surface area contributed by atoms with E-state index in [4.69, 9.17) is 24.9 Å². The third kappa shape index (κ3) is 4.19. The summed E-state index contributed by atoms with van der Waals surface area (Å²) in [5.74, 6) is 1.13. The number of nitrogens with one attached hydrogen (secondary N) is 1. The molecule has 3 aromatic rings. The Morgan fingerprint density at radius 1 is 1.09 bits per heavy atom. The summed E-state index contributed by atoms with van der Waals surface area (Å²) in [6, 6.07) is 18.1. The van der Waals surface area contributed by atoms with E-state index in [0.29, 0.717) is 18.0 Å². The second kappa shape index (κ2) is 8.78. The van der Waals surface area contributed by atoms with Gasteiger partial charge in [-0.1, -0.05) is 12.1 Å². The SMILES string of the molecule is CCOc1cc(Nc2cccc(F)c2)cc([C@@]2(c3ccc(OC)c(C)c3)COC(N)=N2)c1. The van der Waals surface area contributed by atoms with Gasteiger partial charge in [0.25, 0.3) is 6.02 Å². The van der Waals surface area contributed by atoms with E-state index in [9.17, 15) is 4.39 Å². The van der Waals surface area contributed by atoms with Crippen LogP contribution in [0, 0.1) is 12.7 Å². The van der Waals surface area contributed by atoms with Crippen molar-refractivity contribution < 1.29 is 18.6 Å². The number of methoxy groups -OCH3 is 1. The predicted octanol–water partition coefficient (Wildman–Crippen LogP) is 4.87. The molecule has 1 aliphatic rings. The standard InChI is InChI=1S/C25H26FN3O3/c1-4-31-22-12-18(11-21(14-22)28-20-7-5-6-19(26)13-20)25(15-32-24(27)29-25)17-8-9-23(30-3)16(2)10-17/h5-14,28H,4,15H2,1-3H3,(H2,27,29)/t25-/m0/s1. The Balaban J connectivity index is 1.84. The summed E-state index contributed by atoms with van der Waals surface area (Å²) < 4.78 is 30.6. The molecule has 6 nitrogen and oxygen atoms in total. The van der Waals surface area contributed by atoms with Crippen LogP contribution in [0.5, 0.6) is 11.5 Å². The Hall–Kier alpha value is -3.74. The predicted molar refractivity (Wildman–Crippen MR) is 123 cm³/mol. The number of nitrogens with zero attached hydrogens (tertiary/aromatic N) is 1. The van der Waals surface area contributed by atoms with Crippen molar-refractivity contribution in [2.75, 3.05) is 25.6 Å². The molecule has 1 heterocycles. The van der Waals surface area contributed by atoms with E-state index in [1.807, 2.05) is 50.2 Å². The smallest absolute Gasteiger partial charge is 0.283 e. The molecule has 0 aliphatic carbocycles. The van der Waals surface area contributed by atoms with Gasteiger partial charge in [0.2, 0.25) is 0 Å². The lowest BCUT2D eigenvalue weighted by Gasteiger charge is -2.27. The van der Waals surface area contributed by atoms with E-state index >= 15 is 0 Å². The van der Waals surface area contributed by atoms with E-state index in [-0.39, 0.29) is 18.4 Å². The molecule has 7 heteroatoms. The third-order valence-corrected chi connectivity index (χ3v) is 5.41. The number of halogens is 1. The van der Waals surface area contributed by atoms with Gasteiger partial charge >= 0.3 is 0 Å². The van der Waals surface area contributed by atoms with Crippen LogP contribution < -0.4 is 20.5 Å². The molecule has 0 saturated carbocycles. The topological polar surface area (TPSA) is 78.1 Å². The summed E-state index contributed by atoms with van der Waals surface area (Å²) in [5, 5.41) is 3.26. The summed E-state index contributed by atoms with van der Waals surface area (Å²) >= 11 is 0. The Kier molecular flexibility index (Phi) is 5.90. The van der Waals surface area contributed by atoms with Gasteiger partial charge in [0.05, 0.1) is 13.7 Å². The monoisotopic (exact) mass is 435 g/mol. The van der Waals surface area contributed by atoms with Crippen LogP contribution in [0.25, 0.3) is 0 Å². The van der Waals surface area contributed by atoms with Gasteiger partial charge in [-0.3, -0.25) is 0 Å². The highest BCUT2D eigenvalue weighted by Crippen LogP contribution is 2.41. The zero-order valence-electron chi connectivity index (χ0n) is 18.3. The lowest BCUT2D eigenvalue weighted by molar-refractivity contribution is 0.277. The molecule has 0 fully saturated rings. The number of benzene rings is 3. The van der Waals surface area contributed by atoms with E-state index in [2.05, 4.69) is 5.32 Å². The quantitative estimate of drug-likeness (QED) is 0.553. The van der Waals surface area contributed by atoms with Crippen LogP contribution in [-0.4, -0.2) is 26.3 Å². The summed E-state index contributed by atoms with van der Waals surface area (Å²) in [5.41, 5.74) is 9.22. The number of ether oxygens (including phenoxy) is 3. The maximum absolute atomic E-state index is 13.7. The molecule has 1 aliphatic heterocycles. The fourth-order valence-corrected chi connectivity index (χ4v) is 3.92. The lowest BCUT2D eigenvalue weighted by Crippen LogP contribution is -2.27. The van der Waals surface area contributed by atoms with Gasteiger partial charge in [0, 0.05) is 17.4 Å². The lowest BCUT2D eigenvalue weighted by atomic mass is 9.83. The average Bonchev–Trinajstić information content (AvgIpc) is 3.17. The number of aryl methyl sites for hydroxylation is 1. The summed E-state index contributed by atoms with van der Waals surface area (Å²) in [6.45, 7) is 4.65. The molecule has 0 spiro atoms. The largest absolute Gasteiger partial charge is 0.496 e. The highest BCUT2D eigenvalue weighted by molar-refractivity contribution is 5.76. The molecule has 0 unspecified atom stereocenters. The minimum absolute atomic E-state index is 0.125. The van der Waals surface area contributed by atoms with Gasteiger partial charge in [-0.05, 0) is 73.0 Å². The van der Waals surface area contributed by atoms with E-state index < -0.39 is 5.54 Å². The zero-order valence-corrected chi connectivity index (χ0v) is 18.3. The molecule has 3 aromatic carbocycles. The van der Waals surface area contributed by atoms with Gasteiger partial charge in [0.15, 0.2) is 5.54 Å². The first-order valence-corrected chi connectivity index (χ1v) is 10.4. The van der Waals surface area contributed by atoms with Crippen LogP contribution in [-0.2, 0) is 10.3 Å². The van der Waals surface area contributed by atoms with Crippen molar-refractivity contribution >= 4 is 17.4 Å². The maximum atomic E-state index is 13.7. The Morgan fingerprint density at radius 3 is 2.59 bits per heavy atom. The fraction of sp³-hybridized carbons (Fsp3) is 0.240. The summed E-state index contributed by atoms with van der Waals surface area (Å²) in [4.78, 5) is 4.71. The average molecular weight is 435 g/mol. The normalized spacial score (nSPS) is 17.4. The molecule has 166 valence electrons. The van der Waals surface area contributed by atoms with Crippen molar-refractivity contribution in [3.8, 4) is 11.5 Å². The molecule has 3 N–H and O–H groups in total. The van der Waals surface area contributed by atoms with E-state index in [0.717, 1.165) is 28.1 Å². The van der Waals surface area contributed by atoms with Gasteiger partial charge < -0.3 is 25.3 Å². The van der Waals surface area contributed by atoms with Crippen LogP contribution in [0.1, 0.15) is 23.6 Å². The minimum atomic E-state index is -0.855. The number of nitrogens with two attached hydrogens (primary N) is 1. The van der Waals surface area contributed by atoms with Gasteiger partial charge in [-0.25, -0.2) is 9.38 Å². The van der Waals surface area contributed by atoms with Gasteiger partial charge in [-0.15, -0.1) is 0 Å². The van der Waals surface area contributed by atoms with Crippen LogP contribution in [0.4, 0.5) is 15.8 Å². The molecular formula is C25H26FN3O3. The minimum Gasteiger partial charge on any atom is -0.496 e. The van der Waals surface area contributed by atoms with E-state index in [1.165, 1.54) is 12.1 Å². The fourth-order valence-electron chi connectivity index (χ4n) is 3.92. The first-order chi connectivity index (χ1) is 15.4. The molecule has 0 amide bonds. The number of rotatable bonds is 7. The second-order valence-corrected chi connectivity index (χ2v) is 7.60. The van der Waals surface area contributed by atoms with Crippen molar-refractivity contribution in [2.24, 2.45) is 10.7 Å². The molecule has 0 radical (unpaired) electrons. The summed E-state index contributed by atoms with van der Waals surface area (Å²) in [6.07, 6.45) is 0. The van der Waals surface area contributed by atoms with Gasteiger partial charge in [0.1, 0.15) is 23.9 Å². The number of hydrogen-bond acceptors (Lipinski definition) is 6. The van der Waals surface area contributed by atoms with Crippen molar-refractivity contribution in [2.45, 2.75) is 19.4 Å². The van der Waals surface area contributed by atoms with Crippen LogP contribution >= 0.6 is 0 Å². The van der Waals surface area contributed by atoms with Crippen molar-refractivity contribution in [1.29, 1.82) is 0 Å². The summed E-state index contributed by atoms with van der Waals surface area (Å²) in [7, 11) is 1.64. The highest BCUT2D eigenvalue weighted by atomic mass is 19.1. The van der Waals surface area contributed by atoms with Crippen LogP contribution in [0.2, 0.25) is 0 Å². The Morgan fingerprint density at radius 2 is 1.94 bits per heavy atom.